The maximum atomic E-state index is 13.7. The molecule has 0 aromatic carbocycles. The van der Waals surface area contributed by atoms with Crippen LogP contribution in [0.1, 0.15) is 35.9 Å². The number of imidazole rings is 1. The van der Waals surface area contributed by atoms with Gasteiger partial charge in [-0.3, -0.25) is 9.69 Å². The highest BCUT2D eigenvalue weighted by Gasteiger charge is 2.26. The van der Waals surface area contributed by atoms with Crippen LogP contribution in [0.2, 0.25) is 0 Å². The molecule has 0 aliphatic carbocycles. The second kappa shape index (κ2) is 8.66. The van der Waals surface area contributed by atoms with Gasteiger partial charge in [-0.2, -0.15) is 5.10 Å². The summed E-state index contributed by atoms with van der Waals surface area (Å²) in [4.78, 5) is 27.5. The predicted molar refractivity (Wildman–Crippen MR) is 132 cm³/mol. The van der Waals surface area contributed by atoms with Gasteiger partial charge in [0.05, 0.1) is 29.1 Å². The van der Waals surface area contributed by atoms with E-state index in [-0.39, 0.29) is 11.9 Å². The van der Waals surface area contributed by atoms with E-state index in [1.807, 2.05) is 56.6 Å². The molecule has 5 aromatic heterocycles. The highest BCUT2D eigenvalue weighted by molar-refractivity contribution is 6.06. The molecule has 1 aliphatic heterocycles. The van der Waals surface area contributed by atoms with Crippen LogP contribution in [0.5, 0.6) is 0 Å². The molecule has 1 fully saturated rings. The van der Waals surface area contributed by atoms with Gasteiger partial charge in [0.2, 0.25) is 0 Å². The van der Waals surface area contributed by atoms with Gasteiger partial charge in [-0.15, -0.1) is 0 Å². The van der Waals surface area contributed by atoms with Crippen LogP contribution in [0.25, 0.3) is 28.1 Å². The van der Waals surface area contributed by atoms with E-state index >= 15 is 0 Å². The fourth-order valence-corrected chi connectivity index (χ4v) is 4.70. The third-order valence-electron chi connectivity index (χ3n) is 6.52. The van der Waals surface area contributed by atoms with Crippen LogP contribution in [0, 0.1) is 0 Å². The molecule has 6 heterocycles. The molecule has 1 amide bonds. The Kier molecular flexibility index (Phi) is 5.33. The number of pyridine rings is 2. The molecule has 1 saturated heterocycles. The molecule has 1 aliphatic rings. The first-order valence-electron chi connectivity index (χ1n) is 11.9. The highest BCUT2D eigenvalue weighted by atomic mass is 16.3. The largest absolute Gasteiger partial charge is 0.463 e. The Morgan fingerprint density at radius 3 is 2.69 bits per heavy atom. The van der Waals surface area contributed by atoms with Crippen molar-refractivity contribution in [3.63, 3.8) is 0 Å². The van der Waals surface area contributed by atoms with Gasteiger partial charge < -0.3 is 13.7 Å². The average molecular weight is 470 g/mol. The average Bonchev–Trinajstić information content (AvgIpc) is 3.62. The van der Waals surface area contributed by atoms with Crippen molar-refractivity contribution in [2.24, 2.45) is 0 Å². The highest BCUT2D eigenvalue weighted by Crippen LogP contribution is 2.28. The Labute approximate surface area is 202 Å². The van der Waals surface area contributed by atoms with E-state index in [4.69, 9.17) is 14.4 Å². The van der Waals surface area contributed by atoms with E-state index in [0.717, 1.165) is 36.4 Å². The van der Waals surface area contributed by atoms with Gasteiger partial charge in [0.25, 0.3) is 5.91 Å². The summed E-state index contributed by atoms with van der Waals surface area (Å²) < 4.78 is 9.48. The standard InChI is InChI=1S/C26H27N7O2/c1-18(2)33-25-21(15-27-33)20(14-22(29-25)23-6-5-13-35-23)26(34)31-11-9-30(10-12-31)16-19-17-32-8-4-3-7-24(32)28-19/h3-8,13-15,17-18H,9-12,16H2,1-2H3. The van der Waals surface area contributed by atoms with E-state index in [1.54, 1.807) is 12.5 Å². The Morgan fingerprint density at radius 1 is 1.09 bits per heavy atom. The number of hydrogen-bond donors (Lipinski definition) is 0. The maximum Gasteiger partial charge on any atom is 0.254 e. The molecule has 9 heteroatoms. The summed E-state index contributed by atoms with van der Waals surface area (Å²) in [6.07, 6.45) is 7.45. The van der Waals surface area contributed by atoms with Crippen LogP contribution in [-0.2, 0) is 6.54 Å². The Hall–Kier alpha value is -3.98. The lowest BCUT2D eigenvalue weighted by Gasteiger charge is -2.34. The number of amides is 1. The van der Waals surface area contributed by atoms with Crippen LogP contribution < -0.4 is 0 Å². The predicted octanol–water partition coefficient (Wildman–Crippen LogP) is 3.88. The minimum absolute atomic E-state index is 0.000826. The molecule has 6 rings (SSSR count). The fourth-order valence-electron chi connectivity index (χ4n) is 4.70. The van der Waals surface area contributed by atoms with Crippen LogP contribution >= 0.6 is 0 Å². The van der Waals surface area contributed by atoms with Crippen molar-refractivity contribution >= 4 is 22.6 Å². The Balaban J connectivity index is 1.23. The molecular formula is C26H27N7O2. The number of fused-ring (bicyclic) bond motifs is 2. The SMILES string of the molecule is CC(C)n1ncc2c(C(=O)N3CCN(Cc4cn5ccccc5n4)CC3)cc(-c3ccco3)nc21. The van der Waals surface area contributed by atoms with Crippen molar-refractivity contribution < 1.29 is 9.21 Å². The van der Waals surface area contributed by atoms with Gasteiger partial charge >= 0.3 is 0 Å². The zero-order valence-electron chi connectivity index (χ0n) is 19.8. The van der Waals surface area contributed by atoms with Gasteiger partial charge in [0.1, 0.15) is 11.3 Å². The summed E-state index contributed by atoms with van der Waals surface area (Å²) in [5.41, 5.74) is 3.94. The number of carbonyl (C=O) groups is 1. The van der Waals surface area contributed by atoms with Crippen molar-refractivity contribution in [1.82, 2.24) is 33.9 Å². The van der Waals surface area contributed by atoms with Crippen molar-refractivity contribution in [2.45, 2.75) is 26.4 Å². The summed E-state index contributed by atoms with van der Waals surface area (Å²) in [6.45, 7) is 7.78. The zero-order valence-corrected chi connectivity index (χ0v) is 19.8. The molecule has 5 aromatic rings. The summed E-state index contributed by atoms with van der Waals surface area (Å²) in [5, 5.41) is 5.29. The molecule has 178 valence electrons. The number of carbonyl (C=O) groups excluding carboxylic acids is 1. The molecule has 0 bridgehead atoms. The molecule has 0 saturated carbocycles. The minimum atomic E-state index is 0.000826. The Bertz CT molecular complexity index is 1460. The van der Waals surface area contributed by atoms with Crippen molar-refractivity contribution in [1.29, 1.82) is 0 Å². The first kappa shape index (κ1) is 21.5. The van der Waals surface area contributed by atoms with Crippen LogP contribution in [0.3, 0.4) is 0 Å². The second-order valence-corrected chi connectivity index (χ2v) is 9.22. The molecule has 0 atom stereocenters. The van der Waals surface area contributed by atoms with Gasteiger partial charge in [-0.25, -0.2) is 14.6 Å². The summed E-state index contributed by atoms with van der Waals surface area (Å²) in [7, 11) is 0. The molecule has 0 unspecified atom stereocenters. The first-order chi connectivity index (χ1) is 17.1. The summed E-state index contributed by atoms with van der Waals surface area (Å²) in [5.74, 6) is 0.635. The van der Waals surface area contributed by atoms with Gasteiger partial charge in [-0.1, -0.05) is 6.07 Å². The molecule has 0 spiro atoms. The van der Waals surface area contributed by atoms with Crippen LogP contribution in [-0.4, -0.2) is 66.0 Å². The molecule has 0 radical (unpaired) electrons. The number of aromatic nitrogens is 5. The minimum Gasteiger partial charge on any atom is -0.463 e. The lowest BCUT2D eigenvalue weighted by molar-refractivity contribution is 0.0629. The number of rotatable bonds is 5. The number of piperazine rings is 1. The monoisotopic (exact) mass is 469 g/mol. The second-order valence-electron chi connectivity index (χ2n) is 9.22. The molecular weight excluding hydrogens is 442 g/mol. The normalized spacial score (nSPS) is 15.0. The molecule has 9 nitrogen and oxygen atoms in total. The van der Waals surface area contributed by atoms with Crippen LogP contribution in [0.4, 0.5) is 0 Å². The first-order valence-corrected chi connectivity index (χ1v) is 11.9. The smallest absolute Gasteiger partial charge is 0.254 e. The van der Waals surface area contributed by atoms with E-state index in [2.05, 4.69) is 30.0 Å². The lowest BCUT2D eigenvalue weighted by Crippen LogP contribution is -2.48. The van der Waals surface area contributed by atoms with Gasteiger partial charge in [0.15, 0.2) is 11.4 Å². The molecule has 35 heavy (non-hydrogen) atoms. The van der Waals surface area contributed by atoms with Crippen molar-refractivity contribution in [3.05, 3.63) is 72.5 Å². The van der Waals surface area contributed by atoms with Crippen LogP contribution in [0.15, 0.2) is 65.7 Å². The fraction of sp³-hybridized carbons (Fsp3) is 0.308. The Morgan fingerprint density at radius 2 is 1.94 bits per heavy atom. The number of nitrogens with zero attached hydrogens (tertiary/aromatic N) is 7. The van der Waals surface area contributed by atoms with E-state index < -0.39 is 0 Å². The third kappa shape index (κ3) is 3.97. The van der Waals surface area contributed by atoms with E-state index in [0.29, 0.717) is 35.8 Å². The van der Waals surface area contributed by atoms with Gasteiger partial charge in [-0.05, 0) is 44.2 Å². The lowest BCUT2D eigenvalue weighted by atomic mass is 10.1. The quantitative estimate of drug-likeness (QED) is 0.388. The van der Waals surface area contributed by atoms with E-state index in [9.17, 15) is 4.79 Å². The number of furan rings is 1. The van der Waals surface area contributed by atoms with Gasteiger partial charge in [0, 0.05) is 51.2 Å². The summed E-state index contributed by atoms with van der Waals surface area (Å²) >= 11 is 0. The van der Waals surface area contributed by atoms with Crippen molar-refractivity contribution in [2.75, 3.05) is 26.2 Å². The third-order valence-corrected chi connectivity index (χ3v) is 6.52. The zero-order chi connectivity index (χ0) is 23.9. The van der Waals surface area contributed by atoms with Crippen molar-refractivity contribution in [3.8, 4) is 11.5 Å². The summed E-state index contributed by atoms with van der Waals surface area (Å²) in [6, 6.07) is 11.6. The maximum absolute atomic E-state index is 13.7. The topological polar surface area (TPSA) is 84.7 Å². The van der Waals surface area contributed by atoms with E-state index in [1.165, 1.54) is 0 Å². The number of hydrogen-bond acceptors (Lipinski definition) is 6. The molecule has 0 N–H and O–H groups in total.